The predicted molar refractivity (Wildman–Crippen MR) is 82.8 cm³/mol. The van der Waals surface area contributed by atoms with E-state index in [1.165, 1.54) is 19.2 Å². The number of carbonyl (C=O) groups excluding carboxylic acids is 1. The van der Waals surface area contributed by atoms with Gasteiger partial charge < -0.3 is 19.9 Å². The second-order valence-electron chi connectivity index (χ2n) is 5.73. The van der Waals surface area contributed by atoms with Crippen molar-refractivity contribution < 1.29 is 13.9 Å². The molecule has 0 radical (unpaired) electrons. The number of nitrogens with two attached hydrogens (primary N) is 1. The van der Waals surface area contributed by atoms with E-state index in [-0.39, 0.29) is 29.2 Å². The summed E-state index contributed by atoms with van der Waals surface area (Å²) in [7, 11) is 3.26. The Morgan fingerprint density at radius 3 is 2.87 bits per heavy atom. The summed E-state index contributed by atoms with van der Waals surface area (Å²) < 4.78 is 21.1. The molecule has 1 fully saturated rings. The van der Waals surface area contributed by atoms with Crippen LogP contribution in [0.3, 0.4) is 0 Å². The standard InChI is InChI=1S/C16H19FN4O2/c1-20-9-19-6-13(20)11-7-21(8-12(11)18)16(22)10-4-3-5-14(23-2)15(10)17/h3-6,9,11-12H,7-8,18H2,1-2H3/t11-,12-/m1/s1. The maximum atomic E-state index is 14.3. The van der Waals surface area contributed by atoms with Gasteiger partial charge in [0, 0.05) is 44.0 Å². The van der Waals surface area contributed by atoms with Crippen LogP contribution in [-0.2, 0) is 7.05 Å². The van der Waals surface area contributed by atoms with Gasteiger partial charge in [0.15, 0.2) is 11.6 Å². The van der Waals surface area contributed by atoms with Gasteiger partial charge in [0.1, 0.15) is 0 Å². The largest absolute Gasteiger partial charge is 0.494 e. The average molecular weight is 318 g/mol. The molecule has 0 unspecified atom stereocenters. The Labute approximate surface area is 133 Å². The molecule has 122 valence electrons. The molecule has 3 rings (SSSR count). The van der Waals surface area contributed by atoms with Gasteiger partial charge in [-0.2, -0.15) is 0 Å². The number of ether oxygens (including phenoxy) is 1. The molecule has 6 nitrogen and oxygen atoms in total. The number of hydrogen-bond donors (Lipinski definition) is 1. The number of carbonyl (C=O) groups is 1. The van der Waals surface area contributed by atoms with Crippen LogP contribution < -0.4 is 10.5 Å². The van der Waals surface area contributed by atoms with E-state index in [2.05, 4.69) is 4.98 Å². The zero-order valence-electron chi connectivity index (χ0n) is 13.1. The van der Waals surface area contributed by atoms with Crippen molar-refractivity contribution in [3.8, 4) is 5.75 Å². The third kappa shape index (κ3) is 2.68. The van der Waals surface area contributed by atoms with Crippen LogP contribution in [0.4, 0.5) is 4.39 Å². The van der Waals surface area contributed by atoms with Gasteiger partial charge in [-0.1, -0.05) is 6.07 Å². The molecule has 0 saturated carbocycles. The zero-order valence-corrected chi connectivity index (χ0v) is 13.1. The van der Waals surface area contributed by atoms with Crippen LogP contribution in [0.15, 0.2) is 30.7 Å². The molecule has 23 heavy (non-hydrogen) atoms. The van der Waals surface area contributed by atoms with E-state index < -0.39 is 5.82 Å². The highest BCUT2D eigenvalue weighted by atomic mass is 19.1. The lowest BCUT2D eigenvalue weighted by Crippen LogP contribution is -2.32. The minimum atomic E-state index is -0.641. The second-order valence-corrected chi connectivity index (χ2v) is 5.73. The molecule has 1 aliphatic heterocycles. The van der Waals surface area contributed by atoms with E-state index in [9.17, 15) is 9.18 Å². The van der Waals surface area contributed by atoms with Crippen LogP contribution in [0.5, 0.6) is 5.75 Å². The molecule has 0 bridgehead atoms. The minimum Gasteiger partial charge on any atom is -0.494 e. The summed E-state index contributed by atoms with van der Waals surface area (Å²) in [5.41, 5.74) is 7.16. The van der Waals surface area contributed by atoms with Crippen molar-refractivity contribution in [2.45, 2.75) is 12.0 Å². The van der Waals surface area contributed by atoms with Crippen molar-refractivity contribution in [2.24, 2.45) is 12.8 Å². The van der Waals surface area contributed by atoms with E-state index in [0.29, 0.717) is 13.1 Å². The summed E-state index contributed by atoms with van der Waals surface area (Å²) >= 11 is 0. The number of rotatable bonds is 3. The second kappa shape index (κ2) is 6.00. The number of benzene rings is 1. The first kappa shape index (κ1) is 15.5. The average Bonchev–Trinajstić information content (AvgIpc) is 3.12. The molecule has 2 aromatic rings. The SMILES string of the molecule is COc1cccc(C(=O)N2C[C@@H](N)[C@H](c3cncn3C)C2)c1F. The van der Waals surface area contributed by atoms with Gasteiger partial charge in [-0.3, -0.25) is 4.79 Å². The monoisotopic (exact) mass is 318 g/mol. The molecule has 0 spiro atoms. The lowest BCUT2D eigenvalue weighted by molar-refractivity contribution is 0.0783. The fourth-order valence-electron chi connectivity index (χ4n) is 3.04. The van der Waals surface area contributed by atoms with Crippen molar-refractivity contribution in [2.75, 3.05) is 20.2 Å². The van der Waals surface area contributed by atoms with E-state index in [0.717, 1.165) is 5.69 Å². The Morgan fingerprint density at radius 1 is 1.43 bits per heavy atom. The van der Waals surface area contributed by atoms with E-state index in [1.54, 1.807) is 23.5 Å². The number of likely N-dealkylation sites (tertiary alicyclic amines) is 1. The van der Waals surface area contributed by atoms with Crippen molar-refractivity contribution in [3.63, 3.8) is 0 Å². The molecule has 1 amide bonds. The summed E-state index contributed by atoms with van der Waals surface area (Å²) in [6.07, 6.45) is 3.46. The van der Waals surface area contributed by atoms with Crippen molar-refractivity contribution >= 4 is 5.91 Å². The fraction of sp³-hybridized carbons (Fsp3) is 0.375. The number of nitrogens with zero attached hydrogens (tertiary/aromatic N) is 3. The smallest absolute Gasteiger partial charge is 0.257 e. The van der Waals surface area contributed by atoms with Crippen LogP contribution in [-0.4, -0.2) is 46.6 Å². The number of hydrogen-bond acceptors (Lipinski definition) is 4. The summed E-state index contributed by atoms with van der Waals surface area (Å²) in [5, 5.41) is 0. The highest BCUT2D eigenvalue weighted by molar-refractivity contribution is 5.95. The van der Waals surface area contributed by atoms with Crippen LogP contribution in [0.25, 0.3) is 0 Å². The van der Waals surface area contributed by atoms with E-state index >= 15 is 0 Å². The topological polar surface area (TPSA) is 73.4 Å². The molecule has 1 aromatic heterocycles. The predicted octanol–water partition coefficient (Wildman–Crippen LogP) is 1.13. The van der Waals surface area contributed by atoms with E-state index in [4.69, 9.17) is 10.5 Å². The molecule has 1 aliphatic rings. The van der Waals surface area contributed by atoms with Crippen LogP contribution in [0.1, 0.15) is 22.0 Å². The molecular weight excluding hydrogens is 299 g/mol. The molecule has 2 atom stereocenters. The van der Waals surface area contributed by atoms with Gasteiger partial charge >= 0.3 is 0 Å². The highest BCUT2D eigenvalue weighted by Gasteiger charge is 2.36. The number of methoxy groups -OCH3 is 1. The molecule has 1 saturated heterocycles. The molecule has 2 N–H and O–H groups in total. The third-order valence-corrected chi connectivity index (χ3v) is 4.30. The Bertz CT molecular complexity index is 731. The highest BCUT2D eigenvalue weighted by Crippen LogP contribution is 2.28. The number of aromatic nitrogens is 2. The molecule has 2 heterocycles. The maximum absolute atomic E-state index is 14.3. The molecule has 7 heteroatoms. The van der Waals surface area contributed by atoms with Gasteiger partial charge in [-0.15, -0.1) is 0 Å². The van der Waals surface area contributed by atoms with Crippen molar-refractivity contribution in [3.05, 3.63) is 47.8 Å². The number of aryl methyl sites for hydroxylation is 1. The van der Waals surface area contributed by atoms with Crippen LogP contribution in [0.2, 0.25) is 0 Å². The first-order valence-corrected chi connectivity index (χ1v) is 7.36. The third-order valence-electron chi connectivity index (χ3n) is 4.30. The Balaban J connectivity index is 1.84. The molecular formula is C16H19FN4O2. The molecule has 1 aromatic carbocycles. The van der Waals surface area contributed by atoms with Crippen molar-refractivity contribution in [1.29, 1.82) is 0 Å². The van der Waals surface area contributed by atoms with E-state index in [1.807, 2.05) is 11.6 Å². The summed E-state index contributed by atoms with van der Waals surface area (Å²) in [5.74, 6) is -0.971. The zero-order chi connectivity index (χ0) is 16.6. The Hall–Kier alpha value is -2.41. The first-order valence-electron chi connectivity index (χ1n) is 7.36. The maximum Gasteiger partial charge on any atom is 0.257 e. The molecule has 0 aliphatic carbocycles. The van der Waals surface area contributed by atoms with Crippen molar-refractivity contribution in [1.82, 2.24) is 14.5 Å². The summed E-state index contributed by atoms with van der Waals surface area (Å²) in [6.45, 7) is 0.821. The van der Waals surface area contributed by atoms with Gasteiger partial charge in [0.25, 0.3) is 5.91 Å². The Kier molecular flexibility index (Phi) is 4.04. The summed E-state index contributed by atoms with van der Waals surface area (Å²) in [4.78, 5) is 18.3. The van der Waals surface area contributed by atoms with Gasteiger partial charge in [-0.25, -0.2) is 9.37 Å². The fourth-order valence-corrected chi connectivity index (χ4v) is 3.04. The van der Waals surface area contributed by atoms with Gasteiger partial charge in [-0.05, 0) is 12.1 Å². The number of amides is 1. The van der Waals surface area contributed by atoms with Crippen LogP contribution in [0, 0.1) is 5.82 Å². The lowest BCUT2D eigenvalue weighted by atomic mass is 10.0. The van der Waals surface area contributed by atoms with Gasteiger partial charge in [0.05, 0.1) is 19.0 Å². The minimum absolute atomic E-state index is 0.00204. The normalized spacial score (nSPS) is 20.8. The number of imidazole rings is 1. The first-order chi connectivity index (χ1) is 11.0. The number of halogens is 1. The summed E-state index contributed by atoms with van der Waals surface area (Å²) in [6, 6.07) is 4.34. The van der Waals surface area contributed by atoms with Gasteiger partial charge in [0.2, 0.25) is 0 Å². The van der Waals surface area contributed by atoms with Crippen LogP contribution >= 0.6 is 0 Å². The quantitative estimate of drug-likeness (QED) is 0.921. The Morgan fingerprint density at radius 2 is 2.22 bits per heavy atom. The lowest BCUT2D eigenvalue weighted by Gasteiger charge is -2.17.